The van der Waals surface area contributed by atoms with Crippen LogP contribution in [0.15, 0.2) is 24.4 Å². The number of aromatic nitrogens is 1. The van der Waals surface area contributed by atoms with E-state index in [9.17, 15) is 9.90 Å². The Labute approximate surface area is 106 Å². The maximum absolute atomic E-state index is 11.3. The number of nitrogens with zero attached hydrogens (tertiary/aromatic N) is 1. The minimum Gasteiger partial charge on any atom is -0.478 e. The van der Waals surface area contributed by atoms with Crippen LogP contribution in [0.25, 0.3) is 10.9 Å². The Balaban J connectivity index is 2.78. The molecule has 1 heterocycles. The van der Waals surface area contributed by atoms with Crippen molar-refractivity contribution in [2.24, 2.45) is 0 Å². The monoisotopic (exact) mass is 246 g/mol. The molecular formula is C14H18N2O2. The number of hydrogen-bond acceptors (Lipinski definition) is 2. The highest BCUT2D eigenvalue weighted by Gasteiger charge is 2.16. The smallest absolute Gasteiger partial charge is 0.337 e. The number of carboxylic acid groups (broad SMARTS) is 1. The van der Waals surface area contributed by atoms with Gasteiger partial charge in [0.1, 0.15) is 0 Å². The van der Waals surface area contributed by atoms with Gasteiger partial charge < -0.3 is 15.0 Å². The zero-order valence-corrected chi connectivity index (χ0v) is 10.9. The second-order valence-corrected chi connectivity index (χ2v) is 4.69. The molecule has 0 saturated carbocycles. The van der Waals surface area contributed by atoms with Gasteiger partial charge in [0.15, 0.2) is 0 Å². The number of hydrogen-bond donors (Lipinski definition) is 2. The van der Waals surface area contributed by atoms with Crippen molar-refractivity contribution in [3.8, 4) is 0 Å². The summed E-state index contributed by atoms with van der Waals surface area (Å²) in [6.45, 7) is 4.85. The van der Waals surface area contributed by atoms with Crippen molar-refractivity contribution in [3.05, 3.63) is 35.5 Å². The zero-order chi connectivity index (χ0) is 13.3. The van der Waals surface area contributed by atoms with Crippen molar-refractivity contribution >= 4 is 16.9 Å². The van der Waals surface area contributed by atoms with E-state index < -0.39 is 5.97 Å². The number of nitrogens with one attached hydrogen (secondary N) is 1. The summed E-state index contributed by atoms with van der Waals surface area (Å²) in [5.74, 6) is -0.878. The molecule has 0 aliphatic carbocycles. The topological polar surface area (TPSA) is 54.3 Å². The average Bonchev–Trinajstić information content (AvgIpc) is 2.69. The van der Waals surface area contributed by atoms with E-state index in [1.807, 2.05) is 23.9 Å². The Morgan fingerprint density at radius 1 is 1.44 bits per heavy atom. The van der Waals surface area contributed by atoms with Crippen LogP contribution in [0, 0.1) is 0 Å². The molecule has 0 radical (unpaired) electrons. The lowest BCUT2D eigenvalue weighted by atomic mass is 10.1. The number of rotatable bonds is 4. The highest BCUT2D eigenvalue weighted by Crippen LogP contribution is 2.27. The lowest BCUT2D eigenvalue weighted by Gasteiger charge is -2.10. The molecule has 0 saturated heterocycles. The number of aromatic carboxylic acids is 1. The van der Waals surface area contributed by atoms with Crippen molar-refractivity contribution in [3.63, 3.8) is 0 Å². The second kappa shape index (κ2) is 4.82. The van der Waals surface area contributed by atoms with Crippen LogP contribution in [0.5, 0.6) is 0 Å². The Morgan fingerprint density at radius 2 is 2.17 bits per heavy atom. The molecule has 0 bridgehead atoms. The molecule has 0 aliphatic heterocycles. The predicted molar refractivity (Wildman–Crippen MR) is 72.0 cm³/mol. The first-order chi connectivity index (χ1) is 8.56. The van der Waals surface area contributed by atoms with Crippen LogP contribution in [-0.2, 0) is 6.54 Å². The fraction of sp³-hybridized carbons (Fsp3) is 0.357. The molecule has 0 spiro atoms. The molecule has 4 nitrogen and oxygen atoms in total. The van der Waals surface area contributed by atoms with Crippen molar-refractivity contribution in [1.82, 2.24) is 9.88 Å². The SMILES string of the molecule is CNCc1cn(C(C)C)c2c(C(=O)O)cccc12. The van der Waals surface area contributed by atoms with E-state index in [0.29, 0.717) is 5.56 Å². The van der Waals surface area contributed by atoms with E-state index in [2.05, 4.69) is 19.2 Å². The first-order valence-corrected chi connectivity index (χ1v) is 6.06. The first-order valence-electron chi connectivity index (χ1n) is 6.06. The molecule has 2 rings (SSSR count). The number of benzene rings is 1. The van der Waals surface area contributed by atoms with Crippen molar-refractivity contribution in [2.45, 2.75) is 26.4 Å². The normalized spacial score (nSPS) is 11.3. The zero-order valence-electron chi connectivity index (χ0n) is 10.9. The van der Waals surface area contributed by atoms with Crippen LogP contribution in [-0.4, -0.2) is 22.7 Å². The van der Waals surface area contributed by atoms with Crippen LogP contribution in [0.4, 0.5) is 0 Å². The van der Waals surface area contributed by atoms with Crippen molar-refractivity contribution in [1.29, 1.82) is 0 Å². The molecule has 0 unspecified atom stereocenters. The van der Waals surface area contributed by atoms with Crippen molar-refractivity contribution in [2.75, 3.05) is 7.05 Å². The third-order valence-corrected chi connectivity index (χ3v) is 3.09. The van der Waals surface area contributed by atoms with Crippen LogP contribution in [0.1, 0.15) is 35.8 Å². The van der Waals surface area contributed by atoms with Gasteiger partial charge in [-0.15, -0.1) is 0 Å². The highest BCUT2D eigenvalue weighted by atomic mass is 16.4. The maximum Gasteiger partial charge on any atom is 0.337 e. The first kappa shape index (κ1) is 12.6. The quantitative estimate of drug-likeness (QED) is 0.872. The minimum absolute atomic E-state index is 0.235. The minimum atomic E-state index is -0.878. The Bertz CT molecular complexity index is 585. The molecule has 1 aromatic carbocycles. The summed E-state index contributed by atoms with van der Waals surface area (Å²) in [5, 5.41) is 13.4. The average molecular weight is 246 g/mol. The molecule has 0 atom stereocenters. The Kier molecular flexibility index (Phi) is 3.39. The van der Waals surface area contributed by atoms with Crippen molar-refractivity contribution < 1.29 is 9.90 Å². The van der Waals surface area contributed by atoms with E-state index >= 15 is 0 Å². The van der Waals surface area contributed by atoms with E-state index in [1.54, 1.807) is 12.1 Å². The molecule has 2 N–H and O–H groups in total. The maximum atomic E-state index is 11.3. The van der Waals surface area contributed by atoms with Gasteiger partial charge in [-0.3, -0.25) is 0 Å². The Morgan fingerprint density at radius 3 is 2.72 bits per heavy atom. The summed E-state index contributed by atoms with van der Waals surface area (Å²) < 4.78 is 2.03. The van der Waals surface area contributed by atoms with E-state index in [1.165, 1.54) is 0 Å². The number of para-hydroxylation sites is 1. The molecular weight excluding hydrogens is 228 g/mol. The predicted octanol–water partition coefficient (Wildman–Crippen LogP) is 2.64. The van der Waals surface area contributed by atoms with Gasteiger partial charge in [-0.1, -0.05) is 12.1 Å². The molecule has 2 aromatic rings. The van der Waals surface area contributed by atoms with Crippen LogP contribution in [0.2, 0.25) is 0 Å². The van der Waals surface area contributed by atoms with Gasteiger partial charge in [-0.25, -0.2) is 4.79 Å². The summed E-state index contributed by atoms with van der Waals surface area (Å²) in [6.07, 6.45) is 2.04. The summed E-state index contributed by atoms with van der Waals surface area (Å²) in [5.41, 5.74) is 2.30. The standard InChI is InChI=1S/C14H18N2O2/c1-9(2)16-8-10(7-15-3)11-5-4-6-12(13(11)16)14(17)18/h4-6,8-9,15H,7H2,1-3H3,(H,17,18). The van der Waals surface area contributed by atoms with E-state index in [4.69, 9.17) is 0 Å². The number of carbonyl (C=O) groups is 1. The van der Waals surface area contributed by atoms with E-state index in [0.717, 1.165) is 23.0 Å². The molecule has 4 heteroatoms. The fourth-order valence-corrected chi connectivity index (χ4v) is 2.29. The summed E-state index contributed by atoms with van der Waals surface area (Å²) in [4.78, 5) is 11.3. The van der Waals surface area contributed by atoms with Gasteiger partial charge in [-0.2, -0.15) is 0 Å². The van der Waals surface area contributed by atoms with Crippen LogP contribution in [0.3, 0.4) is 0 Å². The van der Waals surface area contributed by atoms with Gasteiger partial charge in [-0.05, 0) is 32.5 Å². The largest absolute Gasteiger partial charge is 0.478 e. The lowest BCUT2D eigenvalue weighted by Crippen LogP contribution is -2.05. The molecule has 18 heavy (non-hydrogen) atoms. The second-order valence-electron chi connectivity index (χ2n) is 4.69. The summed E-state index contributed by atoms with van der Waals surface area (Å²) >= 11 is 0. The van der Waals surface area contributed by atoms with Gasteiger partial charge in [0, 0.05) is 24.2 Å². The molecule has 96 valence electrons. The molecule has 0 amide bonds. The molecule has 0 fully saturated rings. The third kappa shape index (κ3) is 1.99. The highest BCUT2D eigenvalue weighted by molar-refractivity contribution is 6.03. The van der Waals surface area contributed by atoms with E-state index in [-0.39, 0.29) is 6.04 Å². The van der Waals surface area contributed by atoms with Gasteiger partial charge in [0.05, 0.1) is 11.1 Å². The fourth-order valence-electron chi connectivity index (χ4n) is 2.29. The number of fused-ring (bicyclic) bond motifs is 1. The lowest BCUT2D eigenvalue weighted by molar-refractivity contribution is 0.0698. The molecule has 0 aliphatic rings. The molecule has 1 aromatic heterocycles. The number of carboxylic acids is 1. The van der Waals surface area contributed by atoms with Crippen LogP contribution >= 0.6 is 0 Å². The van der Waals surface area contributed by atoms with Gasteiger partial charge >= 0.3 is 5.97 Å². The summed E-state index contributed by atoms with van der Waals surface area (Å²) in [6, 6.07) is 5.67. The summed E-state index contributed by atoms with van der Waals surface area (Å²) in [7, 11) is 1.89. The van der Waals surface area contributed by atoms with Crippen LogP contribution < -0.4 is 5.32 Å². The van der Waals surface area contributed by atoms with Gasteiger partial charge in [0.2, 0.25) is 0 Å². The van der Waals surface area contributed by atoms with Gasteiger partial charge in [0.25, 0.3) is 0 Å². The third-order valence-electron chi connectivity index (χ3n) is 3.09. The Hall–Kier alpha value is -1.81.